The van der Waals surface area contributed by atoms with E-state index in [-0.39, 0.29) is 5.75 Å². The third kappa shape index (κ3) is 3.18. The molecule has 1 aromatic heterocycles. The van der Waals surface area contributed by atoms with Crippen molar-refractivity contribution in [1.82, 2.24) is 9.55 Å². The molecule has 1 heterocycles. The molecule has 0 bridgehead atoms. The van der Waals surface area contributed by atoms with Gasteiger partial charge in [0.15, 0.2) is 23.0 Å². The van der Waals surface area contributed by atoms with E-state index in [9.17, 15) is 4.39 Å². The summed E-state index contributed by atoms with van der Waals surface area (Å²) in [6, 6.07) is 10.8. The number of imidazole rings is 1. The molecule has 5 heteroatoms. The van der Waals surface area contributed by atoms with Crippen LogP contribution < -0.4 is 10.5 Å². The fourth-order valence-corrected chi connectivity index (χ4v) is 3.10. The van der Waals surface area contributed by atoms with Gasteiger partial charge < -0.3 is 15.0 Å². The number of nitrogens with two attached hydrogens (primary N) is 1. The molecule has 0 saturated carbocycles. The Hall–Kier alpha value is -2.56. The highest BCUT2D eigenvalue weighted by Gasteiger charge is 2.30. The highest BCUT2D eigenvalue weighted by atomic mass is 19.1. The second kappa shape index (κ2) is 6.39. The van der Waals surface area contributed by atoms with Crippen LogP contribution in [-0.2, 0) is 18.6 Å². The first-order chi connectivity index (χ1) is 11.9. The van der Waals surface area contributed by atoms with Gasteiger partial charge in [-0.15, -0.1) is 0 Å². The summed E-state index contributed by atoms with van der Waals surface area (Å²) in [5.41, 5.74) is 8.43. The molecule has 2 N–H and O–H groups in total. The van der Waals surface area contributed by atoms with Gasteiger partial charge in [0.05, 0.1) is 11.0 Å². The quantitative estimate of drug-likeness (QED) is 0.687. The van der Waals surface area contributed by atoms with Crippen molar-refractivity contribution in [3.8, 4) is 5.75 Å². The number of aromatic nitrogens is 2. The minimum Gasteiger partial charge on any atom is -0.477 e. The van der Waals surface area contributed by atoms with E-state index in [0.29, 0.717) is 5.69 Å². The van der Waals surface area contributed by atoms with Crippen molar-refractivity contribution in [3.05, 3.63) is 53.6 Å². The van der Waals surface area contributed by atoms with Gasteiger partial charge in [-0.2, -0.15) is 0 Å². The molecule has 0 aliphatic carbocycles. The monoisotopic (exact) mass is 341 g/mol. The number of hydrogen-bond acceptors (Lipinski definition) is 3. The highest BCUT2D eigenvalue weighted by molar-refractivity contribution is 5.77. The van der Waals surface area contributed by atoms with Gasteiger partial charge in [-0.3, -0.25) is 0 Å². The summed E-state index contributed by atoms with van der Waals surface area (Å²) in [4.78, 5) is 4.80. The maximum Gasteiger partial charge on any atom is 0.167 e. The van der Waals surface area contributed by atoms with Crippen molar-refractivity contribution >= 4 is 16.7 Å². The third-order valence-electron chi connectivity index (χ3n) is 4.40. The Morgan fingerprint density at radius 1 is 1.16 bits per heavy atom. The first-order valence-corrected chi connectivity index (χ1v) is 8.59. The van der Waals surface area contributed by atoms with Crippen LogP contribution in [0.3, 0.4) is 0 Å². The summed E-state index contributed by atoms with van der Waals surface area (Å²) in [6.07, 6.45) is 0.959. The SMILES string of the molecule is CCc1ccc2c(c1)nc(C(C)(C)Oc1ccc(N)cc1F)n2CC. The smallest absolute Gasteiger partial charge is 0.167 e. The molecule has 0 spiro atoms. The van der Waals surface area contributed by atoms with Crippen LogP contribution >= 0.6 is 0 Å². The summed E-state index contributed by atoms with van der Waals surface area (Å²) in [5.74, 6) is 0.470. The van der Waals surface area contributed by atoms with Crippen molar-refractivity contribution in [2.75, 3.05) is 5.73 Å². The van der Waals surface area contributed by atoms with E-state index < -0.39 is 11.4 Å². The number of fused-ring (bicyclic) bond motifs is 1. The molecule has 25 heavy (non-hydrogen) atoms. The molecule has 4 nitrogen and oxygen atoms in total. The standard InChI is InChI=1S/C20H24FN3O/c1-5-13-7-9-17-16(11-13)23-19(24(17)6-2)20(3,4)25-18-10-8-14(22)12-15(18)21/h7-12H,5-6,22H2,1-4H3. The van der Waals surface area contributed by atoms with Gasteiger partial charge in [0.2, 0.25) is 0 Å². The lowest BCUT2D eigenvalue weighted by Crippen LogP contribution is -2.30. The van der Waals surface area contributed by atoms with E-state index in [0.717, 1.165) is 29.8 Å². The lowest BCUT2D eigenvalue weighted by molar-refractivity contribution is 0.0894. The second-order valence-corrected chi connectivity index (χ2v) is 6.66. The van der Waals surface area contributed by atoms with Gasteiger partial charge in [0, 0.05) is 18.3 Å². The lowest BCUT2D eigenvalue weighted by atomic mass is 10.1. The molecule has 3 rings (SSSR count). The Morgan fingerprint density at radius 3 is 2.56 bits per heavy atom. The Bertz CT molecular complexity index is 915. The predicted octanol–water partition coefficient (Wildman–Crippen LogP) is 4.65. The van der Waals surface area contributed by atoms with E-state index in [4.69, 9.17) is 15.5 Å². The number of aryl methyl sites for hydroxylation is 2. The Morgan fingerprint density at radius 2 is 1.92 bits per heavy atom. The number of rotatable bonds is 5. The van der Waals surface area contributed by atoms with Crippen LogP contribution in [-0.4, -0.2) is 9.55 Å². The minimum absolute atomic E-state index is 0.170. The van der Waals surface area contributed by atoms with Gasteiger partial charge in [0.25, 0.3) is 0 Å². The van der Waals surface area contributed by atoms with Gasteiger partial charge in [-0.25, -0.2) is 9.37 Å². The first kappa shape index (κ1) is 17.3. The fourth-order valence-electron chi connectivity index (χ4n) is 3.10. The zero-order chi connectivity index (χ0) is 18.2. The number of ether oxygens (including phenoxy) is 1. The van der Waals surface area contributed by atoms with Crippen LogP contribution in [0, 0.1) is 5.82 Å². The Labute approximate surface area is 147 Å². The van der Waals surface area contributed by atoms with E-state index >= 15 is 0 Å². The molecule has 0 atom stereocenters. The van der Waals surface area contributed by atoms with Crippen molar-refractivity contribution in [3.63, 3.8) is 0 Å². The largest absolute Gasteiger partial charge is 0.477 e. The van der Waals surface area contributed by atoms with E-state index in [1.54, 1.807) is 12.1 Å². The second-order valence-electron chi connectivity index (χ2n) is 6.66. The average Bonchev–Trinajstić information content (AvgIpc) is 2.96. The van der Waals surface area contributed by atoms with Crippen molar-refractivity contribution in [2.45, 2.75) is 46.3 Å². The molecule has 2 aromatic carbocycles. The number of benzene rings is 2. The van der Waals surface area contributed by atoms with Crippen LogP contribution in [0.25, 0.3) is 11.0 Å². The molecule has 0 unspecified atom stereocenters. The first-order valence-electron chi connectivity index (χ1n) is 8.59. The molecule has 0 saturated heterocycles. The maximum absolute atomic E-state index is 14.1. The minimum atomic E-state index is -0.793. The fraction of sp³-hybridized carbons (Fsp3) is 0.350. The van der Waals surface area contributed by atoms with Crippen LogP contribution in [0.15, 0.2) is 36.4 Å². The maximum atomic E-state index is 14.1. The predicted molar refractivity (Wildman–Crippen MR) is 99.3 cm³/mol. The normalized spacial score (nSPS) is 11.9. The molecule has 0 amide bonds. The molecule has 132 valence electrons. The van der Waals surface area contributed by atoms with Crippen molar-refractivity contribution in [2.24, 2.45) is 0 Å². The zero-order valence-electron chi connectivity index (χ0n) is 15.1. The van der Waals surface area contributed by atoms with E-state index in [2.05, 4.69) is 36.6 Å². The number of halogens is 1. The molecule has 0 radical (unpaired) electrons. The van der Waals surface area contributed by atoms with Crippen LogP contribution in [0.4, 0.5) is 10.1 Å². The molecule has 0 fully saturated rings. The summed E-state index contributed by atoms with van der Waals surface area (Å²) in [6.45, 7) is 8.75. The van der Waals surface area contributed by atoms with Crippen LogP contribution in [0.5, 0.6) is 5.75 Å². The molecule has 0 aliphatic rings. The Kier molecular flexibility index (Phi) is 4.41. The topological polar surface area (TPSA) is 53.1 Å². The zero-order valence-corrected chi connectivity index (χ0v) is 15.1. The average molecular weight is 341 g/mol. The molecule has 3 aromatic rings. The number of nitrogen functional groups attached to an aromatic ring is 1. The van der Waals surface area contributed by atoms with E-state index in [1.807, 2.05) is 13.8 Å². The van der Waals surface area contributed by atoms with Gasteiger partial charge in [0.1, 0.15) is 0 Å². The van der Waals surface area contributed by atoms with Gasteiger partial charge >= 0.3 is 0 Å². The van der Waals surface area contributed by atoms with Crippen molar-refractivity contribution in [1.29, 1.82) is 0 Å². The summed E-state index contributed by atoms with van der Waals surface area (Å²) in [7, 11) is 0. The third-order valence-corrected chi connectivity index (χ3v) is 4.40. The highest BCUT2D eigenvalue weighted by Crippen LogP contribution is 2.32. The molecule has 0 aliphatic heterocycles. The number of hydrogen-bond donors (Lipinski definition) is 1. The Balaban J connectivity index is 2.06. The summed E-state index contributed by atoms with van der Waals surface area (Å²) < 4.78 is 22.3. The molecular weight excluding hydrogens is 317 g/mol. The van der Waals surface area contributed by atoms with Crippen LogP contribution in [0.2, 0.25) is 0 Å². The van der Waals surface area contributed by atoms with E-state index in [1.165, 1.54) is 11.6 Å². The summed E-state index contributed by atoms with van der Waals surface area (Å²) >= 11 is 0. The van der Waals surface area contributed by atoms with Gasteiger partial charge in [-0.05, 0) is 57.0 Å². The van der Waals surface area contributed by atoms with Gasteiger partial charge in [-0.1, -0.05) is 13.0 Å². The summed E-state index contributed by atoms with van der Waals surface area (Å²) in [5, 5.41) is 0. The van der Waals surface area contributed by atoms with Crippen molar-refractivity contribution < 1.29 is 9.13 Å². The number of nitrogens with zero attached hydrogens (tertiary/aromatic N) is 2. The van der Waals surface area contributed by atoms with Crippen LogP contribution in [0.1, 0.15) is 39.1 Å². The number of anilines is 1. The molecular formula is C20H24FN3O. The lowest BCUT2D eigenvalue weighted by Gasteiger charge is -2.27.